The lowest BCUT2D eigenvalue weighted by Gasteiger charge is -2.12. The van der Waals surface area contributed by atoms with Gasteiger partial charge in [0.2, 0.25) is 0 Å². The van der Waals surface area contributed by atoms with Crippen molar-refractivity contribution in [3.05, 3.63) is 58.1 Å². The number of hydrogen-bond acceptors (Lipinski definition) is 3. The van der Waals surface area contributed by atoms with Crippen molar-refractivity contribution >= 4 is 15.9 Å². The second-order valence-electron chi connectivity index (χ2n) is 4.85. The molecular formula is C17H19BrO3. The molecule has 0 heterocycles. The van der Waals surface area contributed by atoms with Crippen molar-refractivity contribution in [2.24, 2.45) is 0 Å². The first-order valence-electron chi connectivity index (χ1n) is 6.86. The smallest absolute Gasteiger partial charge is 0.122 e. The predicted molar refractivity (Wildman–Crippen MR) is 86.9 cm³/mol. The molecule has 0 aliphatic carbocycles. The first kappa shape index (κ1) is 15.9. The number of ether oxygens (including phenoxy) is 2. The predicted octanol–water partition coefficient (Wildman–Crippen LogP) is 4.27. The standard InChI is InChI=1S/C17H19BrO3/c1-12-11-14(13(2)19)3-8-17(12)21-10-9-20-16-6-4-15(18)5-7-16/h3-8,11,13,19H,9-10H2,1-2H3. The van der Waals surface area contributed by atoms with Crippen LogP contribution in [0.3, 0.4) is 0 Å². The van der Waals surface area contributed by atoms with Gasteiger partial charge >= 0.3 is 0 Å². The second-order valence-corrected chi connectivity index (χ2v) is 5.77. The van der Waals surface area contributed by atoms with Crippen LogP contribution in [-0.4, -0.2) is 18.3 Å². The summed E-state index contributed by atoms with van der Waals surface area (Å²) in [6.07, 6.45) is -0.460. The van der Waals surface area contributed by atoms with Crippen molar-refractivity contribution in [1.29, 1.82) is 0 Å². The summed E-state index contributed by atoms with van der Waals surface area (Å²) in [6.45, 7) is 4.68. The van der Waals surface area contributed by atoms with E-state index >= 15 is 0 Å². The Morgan fingerprint density at radius 2 is 1.71 bits per heavy atom. The lowest BCUT2D eigenvalue weighted by atomic mass is 10.1. The molecule has 2 aromatic rings. The van der Waals surface area contributed by atoms with Crippen molar-refractivity contribution in [2.45, 2.75) is 20.0 Å². The molecule has 0 aliphatic heterocycles. The van der Waals surface area contributed by atoms with Crippen LogP contribution in [0.5, 0.6) is 11.5 Å². The van der Waals surface area contributed by atoms with Gasteiger partial charge in [-0.2, -0.15) is 0 Å². The number of aliphatic hydroxyl groups excluding tert-OH is 1. The van der Waals surface area contributed by atoms with Crippen LogP contribution in [0.1, 0.15) is 24.2 Å². The molecule has 0 aromatic heterocycles. The first-order chi connectivity index (χ1) is 10.1. The van der Waals surface area contributed by atoms with Crippen molar-refractivity contribution in [3.63, 3.8) is 0 Å². The van der Waals surface area contributed by atoms with Gasteiger partial charge in [0.15, 0.2) is 0 Å². The SMILES string of the molecule is Cc1cc(C(C)O)ccc1OCCOc1ccc(Br)cc1. The van der Waals surface area contributed by atoms with Gasteiger partial charge in [-0.1, -0.05) is 22.0 Å². The van der Waals surface area contributed by atoms with E-state index in [9.17, 15) is 5.11 Å². The first-order valence-corrected chi connectivity index (χ1v) is 7.65. The molecule has 21 heavy (non-hydrogen) atoms. The summed E-state index contributed by atoms with van der Waals surface area (Å²) >= 11 is 3.38. The Balaban J connectivity index is 1.82. The fourth-order valence-electron chi connectivity index (χ4n) is 1.94. The Hall–Kier alpha value is -1.52. The van der Waals surface area contributed by atoms with Crippen LogP contribution in [0.2, 0.25) is 0 Å². The largest absolute Gasteiger partial charge is 0.490 e. The van der Waals surface area contributed by atoms with Gasteiger partial charge < -0.3 is 14.6 Å². The molecule has 0 aliphatic rings. The fourth-order valence-corrected chi connectivity index (χ4v) is 2.20. The molecule has 0 bridgehead atoms. The molecule has 3 nitrogen and oxygen atoms in total. The zero-order valence-electron chi connectivity index (χ0n) is 12.2. The third-order valence-electron chi connectivity index (χ3n) is 3.10. The second kappa shape index (κ2) is 7.48. The molecule has 2 aromatic carbocycles. The van der Waals surface area contributed by atoms with Gasteiger partial charge in [-0.25, -0.2) is 0 Å². The van der Waals surface area contributed by atoms with E-state index in [2.05, 4.69) is 15.9 Å². The van der Waals surface area contributed by atoms with Gasteiger partial charge in [-0.05, 0) is 61.4 Å². The van der Waals surface area contributed by atoms with E-state index in [4.69, 9.17) is 9.47 Å². The maximum atomic E-state index is 9.53. The normalized spacial score (nSPS) is 12.0. The number of benzene rings is 2. The van der Waals surface area contributed by atoms with Gasteiger partial charge in [0.1, 0.15) is 24.7 Å². The molecule has 0 spiro atoms. The highest BCUT2D eigenvalue weighted by Crippen LogP contribution is 2.22. The zero-order chi connectivity index (χ0) is 15.2. The van der Waals surface area contributed by atoms with Crippen LogP contribution < -0.4 is 9.47 Å². The topological polar surface area (TPSA) is 38.7 Å². The minimum atomic E-state index is -0.460. The molecule has 1 atom stereocenters. The lowest BCUT2D eigenvalue weighted by molar-refractivity contribution is 0.198. The monoisotopic (exact) mass is 350 g/mol. The molecule has 0 saturated heterocycles. The summed E-state index contributed by atoms with van der Waals surface area (Å²) in [4.78, 5) is 0. The van der Waals surface area contributed by atoms with Crippen LogP contribution in [0, 0.1) is 6.92 Å². The van der Waals surface area contributed by atoms with Crippen molar-refractivity contribution in [3.8, 4) is 11.5 Å². The minimum Gasteiger partial charge on any atom is -0.490 e. The third-order valence-corrected chi connectivity index (χ3v) is 3.63. The average molecular weight is 351 g/mol. The molecule has 0 amide bonds. The molecule has 0 fully saturated rings. The number of rotatable bonds is 6. The Labute approximate surface area is 133 Å². The molecule has 112 valence electrons. The van der Waals surface area contributed by atoms with Crippen LogP contribution in [0.15, 0.2) is 46.9 Å². The average Bonchev–Trinajstić information content (AvgIpc) is 2.46. The van der Waals surface area contributed by atoms with Crippen LogP contribution in [0.25, 0.3) is 0 Å². The fraction of sp³-hybridized carbons (Fsp3) is 0.294. The summed E-state index contributed by atoms with van der Waals surface area (Å²) in [7, 11) is 0. The van der Waals surface area contributed by atoms with Crippen molar-refractivity contribution < 1.29 is 14.6 Å². The summed E-state index contributed by atoms with van der Waals surface area (Å²) in [6, 6.07) is 13.4. The summed E-state index contributed by atoms with van der Waals surface area (Å²) in [5.74, 6) is 1.64. The number of aryl methyl sites for hydroxylation is 1. The van der Waals surface area contributed by atoms with Gasteiger partial charge in [-0.3, -0.25) is 0 Å². The Morgan fingerprint density at radius 3 is 2.33 bits per heavy atom. The highest BCUT2D eigenvalue weighted by atomic mass is 79.9. The van der Waals surface area contributed by atoms with E-state index in [0.29, 0.717) is 13.2 Å². The molecule has 0 radical (unpaired) electrons. The molecule has 1 N–H and O–H groups in total. The highest BCUT2D eigenvalue weighted by Gasteiger charge is 2.05. The maximum absolute atomic E-state index is 9.53. The molecule has 4 heteroatoms. The van der Waals surface area contributed by atoms with E-state index in [1.54, 1.807) is 6.92 Å². The Kier molecular flexibility index (Phi) is 5.65. The number of hydrogen-bond donors (Lipinski definition) is 1. The molecular weight excluding hydrogens is 332 g/mol. The molecule has 0 saturated carbocycles. The van der Waals surface area contributed by atoms with E-state index in [-0.39, 0.29) is 0 Å². The summed E-state index contributed by atoms with van der Waals surface area (Å²) < 4.78 is 12.3. The van der Waals surface area contributed by atoms with E-state index < -0.39 is 6.10 Å². The van der Waals surface area contributed by atoms with E-state index in [1.807, 2.05) is 49.4 Å². The zero-order valence-corrected chi connectivity index (χ0v) is 13.8. The minimum absolute atomic E-state index is 0.460. The highest BCUT2D eigenvalue weighted by molar-refractivity contribution is 9.10. The number of halogens is 1. The van der Waals surface area contributed by atoms with E-state index in [0.717, 1.165) is 27.1 Å². The Bertz CT molecular complexity index is 579. The van der Waals surface area contributed by atoms with Crippen LogP contribution >= 0.6 is 15.9 Å². The lowest BCUT2D eigenvalue weighted by Crippen LogP contribution is -2.09. The van der Waals surface area contributed by atoms with Crippen molar-refractivity contribution in [2.75, 3.05) is 13.2 Å². The summed E-state index contributed by atoms with van der Waals surface area (Å²) in [5, 5.41) is 9.53. The van der Waals surface area contributed by atoms with Crippen molar-refractivity contribution in [1.82, 2.24) is 0 Å². The Morgan fingerprint density at radius 1 is 1.05 bits per heavy atom. The quantitative estimate of drug-likeness (QED) is 0.790. The van der Waals surface area contributed by atoms with Gasteiger partial charge in [0.25, 0.3) is 0 Å². The molecule has 1 unspecified atom stereocenters. The number of aliphatic hydroxyl groups is 1. The van der Waals surface area contributed by atoms with Gasteiger partial charge in [0.05, 0.1) is 6.10 Å². The van der Waals surface area contributed by atoms with E-state index in [1.165, 1.54) is 0 Å². The van der Waals surface area contributed by atoms with Gasteiger partial charge in [-0.15, -0.1) is 0 Å². The van der Waals surface area contributed by atoms with Crippen LogP contribution in [-0.2, 0) is 0 Å². The molecule has 2 rings (SSSR count). The summed E-state index contributed by atoms with van der Waals surface area (Å²) in [5.41, 5.74) is 1.91. The van der Waals surface area contributed by atoms with Gasteiger partial charge in [0, 0.05) is 4.47 Å². The van der Waals surface area contributed by atoms with Crippen LogP contribution in [0.4, 0.5) is 0 Å². The maximum Gasteiger partial charge on any atom is 0.122 e. The third kappa shape index (κ3) is 4.76.